The van der Waals surface area contributed by atoms with Gasteiger partial charge in [0.2, 0.25) is 0 Å². The zero-order valence-electron chi connectivity index (χ0n) is 30.3. The summed E-state index contributed by atoms with van der Waals surface area (Å²) in [5, 5.41) is 0. The number of benzene rings is 1. The van der Waals surface area contributed by atoms with E-state index in [4.69, 9.17) is 14.2 Å². The van der Waals surface area contributed by atoms with Crippen LogP contribution in [0, 0.1) is 0 Å². The molecule has 1 rings (SSSR count). The van der Waals surface area contributed by atoms with Gasteiger partial charge in [-0.05, 0) is 64.9 Å². The Kier molecular flexibility index (Phi) is 39.2. The number of carbonyl (C=O) groups excluding carboxylic acids is 5. The number of methoxy groups -OCH3 is 5. The lowest BCUT2D eigenvalue weighted by molar-refractivity contribution is -0.141. The second kappa shape index (κ2) is 36.3. The van der Waals surface area contributed by atoms with Crippen LogP contribution in [0.3, 0.4) is 0 Å². The topological polar surface area (TPSA) is 132 Å². The van der Waals surface area contributed by atoms with Crippen LogP contribution >= 0.6 is 0 Å². The fourth-order valence-electron chi connectivity index (χ4n) is 4.68. The van der Waals surface area contributed by atoms with Gasteiger partial charge in [0.25, 0.3) is 0 Å². The van der Waals surface area contributed by atoms with Crippen LogP contribution in [0.5, 0.6) is 0 Å². The highest BCUT2D eigenvalue weighted by Gasteiger charge is 2.12. The number of Topliss-reactive ketones (excluding diaryl/α,β-unsaturated/α-hetero) is 3. The Morgan fingerprint density at radius 3 is 1.22 bits per heavy atom. The fraction of sp³-hybridized carbons (Fsp3) is 0.718. The van der Waals surface area contributed by atoms with Gasteiger partial charge in [0.15, 0.2) is 0 Å². The van der Waals surface area contributed by atoms with E-state index in [1.807, 2.05) is 18.2 Å². The van der Waals surface area contributed by atoms with Crippen molar-refractivity contribution in [1.82, 2.24) is 0 Å². The Hall–Kier alpha value is -2.95. The summed E-state index contributed by atoms with van der Waals surface area (Å²) in [6, 6.07) is 10.3. The first-order chi connectivity index (χ1) is 22.4. The molecular weight excluding hydrogens is 628 g/mol. The SMILES string of the molecule is C.C.COC(=O)CCCCC(CC(C)=O)OC.COC(=O)CCCCCCC(CC(C)=O)OC.COC(CCc1ccccc1)CC(C)=O. The molecule has 0 N–H and O–H groups in total. The Labute approximate surface area is 298 Å². The Morgan fingerprint density at radius 2 is 0.857 bits per heavy atom. The van der Waals surface area contributed by atoms with Gasteiger partial charge >= 0.3 is 11.9 Å². The summed E-state index contributed by atoms with van der Waals surface area (Å²) in [5.74, 6) is 0.166. The van der Waals surface area contributed by atoms with Gasteiger partial charge in [-0.3, -0.25) is 24.0 Å². The summed E-state index contributed by atoms with van der Waals surface area (Å²) in [5.41, 5.74) is 1.29. The normalized spacial score (nSPS) is 11.8. The number of unbranched alkanes of at least 4 members (excludes halogenated alkanes) is 4. The Bertz CT molecular complexity index is 964. The van der Waals surface area contributed by atoms with Crippen molar-refractivity contribution < 1.29 is 47.7 Å². The second-order valence-corrected chi connectivity index (χ2v) is 11.7. The van der Waals surface area contributed by atoms with Gasteiger partial charge in [0.05, 0.1) is 32.5 Å². The first-order valence-corrected chi connectivity index (χ1v) is 16.7. The molecule has 0 fully saturated rings. The van der Waals surface area contributed by atoms with Crippen LogP contribution in [0.25, 0.3) is 0 Å². The van der Waals surface area contributed by atoms with E-state index in [-0.39, 0.29) is 62.5 Å². The van der Waals surface area contributed by atoms with Crippen LogP contribution in [0.1, 0.15) is 131 Å². The molecule has 0 saturated carbocycles. The van der Waals surface area contributed by atoms with Crippen LogP contribution in [0.2, 0.25) is 0 Å². The van der Waals surface area contributed by atoms with E-state index in [1.54, 1.807) is 42.1 Å². The molecule has 10 heteroatoms. The van der Waals surface area contributed by atoms with E-state index < -0.39 is 0 Å². The largest absolute Gasteiger partial charge is 0.469 e. The van der Waals surface area contributed by atoms with E-state index in [2.05, 4.69) is 21.6 Å². The quantitative estimate of drug-likeness (QED) is 0.0771. The van der Waals surface area contributed by atoms with Crippen molar-refractivity contribution in [2.45, 2.75) is 150 Å². The molecule has 3 unspecified atom stereocenters. The van der Waals surface area contributed by atoms with Crippen molar-refractivity contribution in [1.29, 1.82) is 0 Å². The number of aryl methyl sites for hydroxylation is 1. The summed E-state index contributed by atoms with van der Waals surface area (Å²) in [6.07, 6.45) is 11.7. The van der Waals surface area contributed by atoms with Crippen LogP contribution in [0.4, 0.5) is 0 Å². The van der Waals surface area contributed by atoms with E-state index in [9.17, 15) is 24.0 Å². The molecule has 1 aromatic rings. The molecule has 49 heavy (non-hydrogen) atoms. The molecule has 0 bridgehead atoms. The summed E-state index contributed by atoms with van der Waals surface area (Å²) in [4.78, 5) is 54.4. The highest BCUT2D eigenvalue weighted by Crippen LogP contribution is 2.13. The molecule has 286 valence electrons. The molecular formula is C39H70O10. The predicted molar refractivity (Wildman–Crippen MR) is 197 cm³/mol. The maximum atomic E-state index is 10.9. The maximum absolute atomic E-state index is 10.9. The zero-order valence-corrected chi connectivity index (χ0v) is 30.3. The van der Waals surface area contributed by atoms with E-state index >= 15 is 0 Å². The molecule has 0 radical (unpaired) electrons. The second-order valence-electron chi connectivity index (χ2n) is 11.7. The molecule has 0 aliphatic carbocycles. The molecule has 0 amide bonds. The van der Waals surface area contributed by atoms with Crippen molar-refractivity contribution in [2.75, 3.05) is 35.5 Å². The summed E-state index contributed by atoms with van der Waals surface area (Å²) < 4.78 is 24.7. The average Bonchev–Trinajstić information content (AvgIpc) is 3.05. The fourth-order valence-corrected chi connectivity index (χ4v) is 4.68. The molecule has 0 aromatic heterocycles. The number of ether oxygens (including phenoxy) is 5. The highest BCUT2D eigenvalue weighted by atomic mass is 16.5. The monoisotopic (exact) mass is 698 g/mol. The number of hydrogen-bond donors (Lipinski definition) is 0. The smallest absolute Gasteiger partial charge is 0.305 e. The van der Waals surface area contributed by atoms with Gasteiger partial charge < -0.3 is 23.7 Å². The van der Waals surface area contributed by atoms with Gasteiger partial charge in [-0.2, -0.15) is 0 Å². The highest BCUT2D eigenvalue weighted by molar-refractivity contribution is 5.76. The lowest BCUT2D eigenvalue weighted by atomic mass is 10.0. The van der Waals surface area contributed by atoms with E-state index in [0.717, 1.165) is 64.2 Å². The predicted octanol–water partition coefficient (Wildman–Crippen LogP) is 8.09. The number of rotatable bonds is 24. The average molecular weight is 699 g/mol. The maximum Gasteiger partial charge on any atom is 0.305 e. The van der Waals surface area contributed by atoms with Crippen molar-refractivity contribution in [3.8, 4) is 0 Å². The van der Waals surface area contributed by atoms with Crippen LogP contribution in [-0.2, 0) is 54.1 Å². The van der Waals surface area contributed by atoms with Gasteiger partial charge in [0, 0.05) is 53.4 Å². The standard InChI is InChI=1S/C13H24O4.C13H18O2.C11H20O4.2CH4/c1-11(14)10-12(16-2)8-6-4-5-7-9-13(15)17-3;1-11(14)10-13(15-2)9-8-12-6-4-3-5-7-12;1-9(12)8-10(14-2)6-4-5-7-11(13)15-3;;/h12H,4-10H2,1-3H3;3-7,13H,8-10H2,1-2H3;10H,4-8H2,1-3H3;2*1H4. The Balaban J connectivity index is -0.000000304. The minimum atomic E-state index is -0.185. The van der Waals surface area contributed by atoms with Gasteiger partial charge in [-0.25, -0.2) is 0 Å². The first-order valence-electron chi connectivity index (χ1n) is 16.7. The number of carbonyl (C=O) groups is 5. The van der Waals surface area contributed by atoms with Gasteiger partial charge in [0.1, 0.15) is 17.3 Å². The molecule has 0 aliphatic rings. The van der Waals surface area contributed by atoms with Crippen molar-refractivity contribution in [3.05, 3.63) is 35.9 Å². The summed E-state index contributed by atoms with van der Waals surface area (Å²) in [6.45, 7) is 4.75. The van der Waals surface area contributed by atoms with E-state index in [0.29, 0.717) is 32.1 Å². The van der Waals surface area contributed by atoms with Crippen LogP contribution in [-0.4, -0.2) is 83.1 Å². The molecule has 0 heterocycles. The third-order valence-corrected chi connectivity index (χ3v) is 7.41. The molecule has 10 nitrogen and oxygen atoms in total. The van der Waals surface area contributed by atoms with Crippen molar-refractivity contribution in [2.24, 2.45) is 0 Å². The summed E-state index contributed by atoms with van der Waals surface area (Å²) >= 11 is 0. The van der Waals surface area contributed by atoms with Gasteiger partial charge in [-0.15, -0.1) is 0 Å². The van der Waals surface area contributed by atoms with Crippen LogP contribution in [0.15, 0.2) is 30.3 Å². The summed E-state index contributed by atoms with van der Waals surface area (Å²) in [7, 11) is 7.71. The van der Waals surface area contributed by atoms with Gasteiger partial charge in [-0.1, -0.05) is 70.9 Å². The molecule has 0 spiro atoms. The van der Waals surface area contributed by atoms with Crippen molar-refractivity contribution in [3.63, 3.8) is 0 Å². The van der Waals surface area contributed by atoms with Crippen molar-refractivity contribution >= 4 is 29.3 Å². The van der Waals surface area contributed by atoms with E-state index in [1.165, 1.54) is 19.8 Å². The molecule has 1 aromatic carbocycles. The Morgan fingerprint density at radius 1 is 0.510 bits per heavy atom. The lowest BCUT2D eigenvalue weighted by Gasteiger charge is -2.13. The zero-order chi connectivity index (χ0) is 35.9. The number of ketones is 3. The van der Waals surface area contributed by atoms with Crippen LogP contribution < -0.4 is 0 Å². The minimum Gasteiger partial charge on any atom is -0.469 e. The third-order valence-electron chi connectivity index (χ3n) is 7.41. The molecule has 0 aliphatic heterocycles. The lowest BCUT2D eigenvalue weighted by Crippen LogP contribution is -2.15. The molecule has 0 saturated heterocycles. The first kappa shape index (κ1) is 52.9. The minimum absolute atomic E-state index is 0. The number of esters is 2. The molecule has 3 atom stereocenters. The third kappa shape index (κ3) is 36.2. The number of hydrogen-bond acceptors (Lipinski definition) is 10.